The van der Waals surface area contributed by atoms with Crippen LogP contribution in [0, 0.1) is 5.82 Å². The van der Waals surface area contributed by atoms with Crippen molar-refractivity contribution >= 4 is 15.7 Å². The van der Waals surface area contributed by atoms with E-state index < -0.39 is 15.8 Å². The molecule has 0 atom stereocenters. The third kappa shape index (κ3) is 2.91. The van der Waals surface area contributed by atoms with E-state index in [0.717, 1.165) is 42.5 Å². The van der Waals surface area contributed by atoms with Crippen LogP contribution >= 0.6 is 0 Å². The zero-order chi connectivity index (χ0) is 17.4. The molecule has 1 aromatic heterocycles. The van der Waals surface area contributed by atoms with Crippen molar-refractivity contribution in [3.8, 4) is 11.3 Å². The van der Waals surface area contributed by atoms with Gasteiger partial charge in [-0.3, -0.25) is 4.72 Å². The molecule has 2 heterocycles. The lowest BCUT2D eigenvalue weighted by Crippen LogP contribution is -2.14. The minimum atomic E-state index is -3.99. The third-order valence-electron chi connectivity index (χ3n) is 4.26. The second kappa shape index (κ2) is 6.00. The number of nitrogens with zero attached hydrogens (tertiary/aromatic N) is 2. The zero-order valence-electron chi connectivity index (χ0n) is 13.3. The molecule has 0 radical (unpaired) electrons. The summed E-state index contributed by atoms with van der Waals surface area (Å²) in [4.78, 5) is 4.04. The molecular formula is C18H16FN3O2S. The lowest BCUT2D eigenvalue weighted by atomic mass is 10.1. The van der Waals surface area contributed by atoms with Gasteiger partial charge >= 0.3 is 0 Å². The molecule has 128 valence electrons. The van der Waals surface area contributed by atoms with Crippen molar-refractivity contribution in [1.82, 2.24) is 9.55 Å². The van der Waals surface area contributed by atoms with Gasteiger partial charge in [-0.25, -0.2) is 17.8 Å². The molecule has 5 nitrogen and oxygen atoms in total. The van der Waals surface area contributed by atoms with Gasteiger partial charge in [0.2, 0.25) is 0 Å². The first-order chi connectivity index (χ1) is 12.0. The van der Waals surface area contributed by atoms with E-state index in [-0.39, 0.29) is 4.90 Å². The molecule has 0 amide bonds. The van der Waals surface area contributed by atoms with E-state index in [9.17, 15) is 12.8 Å². The normalized spacial score (nSPS) is 13.6. The van der Waals surface area contributed by atoms with Gasteiger partial charge in [-0.05, 0) is 30.7 Å². The molecule has 0 spiro atoms. The molecule has 4 rings (SSSR count). The van der Waals surface area contributed by atoms with E-state index in [4.69, 9.17) is 0 Å². The topological polar surface area (TPSA) is 64.0 Å². The highest BCUT2D eigenvalue weighted by Gasteiger charge is 2.20. The summed E-state index contributed by atoms with van der Waals surface area (Å²) in [5, 5.41) is 0. The zero-order valence-corrected chi connectivity index (χ0v) is 14.1. The van der Waals surface area contributed by atoms with Crippen molar-refractivity contribution in [2.75, 3.05) is 4.72 Å². The highest BCUT2D eigenvalue weighted by Crippen LogP contribution is 2.28. The summed E-state index contributed by atoms with van der Waals surface area (Å²) in [6.45, 7) is 0.913. The maximum Gasteiger partial charge on any atom is 0.264 e. The maximum atomic E-state index is 13.8. The molecule has 0 saturated carbocycles. The standard InChI is InChI=1S/C18H16FN3O2S/c19-15-7-1-2-8-17(15)25(23,24)21-14-6-3-5-13(11-14)16-12-20-18-9-4-10-22(16)18/h1-3,5-8,11-12,21H,4,9-10H2. The number of nitrogens with one attached hydrogen (secondary N) is 1. The van der Waals surface area contributed by atoms with Gasteiger partial charge in [-0.15, -0.1) is 0 Å². The summed E-state index contributed by atoms with van der Waals surface area (Å²) < 4.78 is 43.3. The summed E-state index contributed by atoms with van der Waals surface area (Å²) in [6, 6.07) is 12.4. The Labute approximate surface area is 145 Å². The number of anilines is 1. The van der Waals surface area contributed by atoms with Crippen molar-refractivity contribution < 1.29 is 12.8 Å². The minimum Gasteiger partial charge on any atom is -0.328 e. The second-order valence-electron chi connectivity index (χ2n) is 5.93. The molecule has 7 heteroatoms. The van der Waals surface area contributed by atoms with Gasteiger partial charge < -0.3 is 4.57 Å². The smallest absolute Gasteiger partial charge is 0.264 e. The number of hydrogen-bond acceptors (Lipinski definition) is 3. The molecule has 0 aliphatic carbocycles. The van der Waals surface area contributed by atoms with E-state index in [1.807, 2.05) is 6.07 Å². The lowest BCUT2D eigenvalue weighted by molar-refractivity contribution is 0.570. The van der Waals surface area contributed by atoms with E-state index in [2.05, 4.69) is 14.3 Å². The molecule has 1 N–H and O–H groups in total. The second-order valence-corrected chi connectivity index (χ2v) is 7.58. The first-order valence-electron chi connectivity index (χ1n) is 7.97. The van der Waals surface area contributed by atoms with Crippen LogP contribution in [0.25, 0.3) is 11.3 Å². The van der Waals surface area contributed by atoms with E-state index >= 15 is 0 Å². The van der Waals surface area contributed by atoms with Crippen LogP contribution in [0.3, 0.4) is 0 Å². The van der Waals surface area contributed by atoms with Crippen LogP contribution in [0.15, 0.2) is 59.6 Å². The number of imidazole rings is 1. The fourth-order valence-electron chi connectivity index (χ4n) is 3.10. The van der Waals surface area contributed by atoms with Crippen molar-refractivity contribution in [2.24, 2.45) is 0 Å². The molecular weight excluding hydrogens is 341 g/mol. The number of rotatable bonds is 4. The molecule has 25 heavy (non-hydrogen) atoms. The molecule has 3 aromatic rings. The number of aromatic nitrogens is 2. The van der Waals surface area contributed by atoms with Crippen LogP contribution in [-0.2, 0) is 23.0 Å². The van der Waals surface area contributed by atoms with Crippen LogP contribution in [0.4, 0.5) is 10.1 Å². The van der Waals surface area contributed by atoms with Crippen LogP contribution < -0.4 is 4.72 Å². The first kappa shape index (κ1) is 15.8. The average Bonchev–Trinajstić information content (AvgIpc) is 3.18. The Morgan fingerprint density at radius 2 is 1.96 bits per heavy atom. The minimum absolute atomic E-state index is 0.370. The number of hydrogen-bond donors (Lipinski definition) is 1. The number of sulfonamides is 1. The first-order valence-corrected chi connectivity index (χ1v) is 9.45. The molecule has 2 aromatic carbocycles. The number of aryl methyl sites for hydroxylation is 1. The molecule has 0 saturated heterocycles. The number of halogens is 1. The Kier molecular flexibility index (Phi) is 3.80. The van der Waals surface area contributed by atoms with Crippen molar-refractivity contribution in [3.05, 3.63) is 66.4 Å². The Morgan fingerprint density at radius 3 is 2.80 bits per heavy atom. The summed E-state index contributed by atoms with van der Waals surface area (Å²) >= 11 is 0. The monoisotopic (exact) mass is 357 g/mol. The van der Waals surface area contributed by atoms with Crippen LogP contribution in [-0.4, -0.2) is 18.0 Å². The molecule has 1 aliphatic rings. The predicted octanol–water partition coefficient (Wildman–Crippen LogP) is 3.44. The van der Waals surface area contributed by atoms with Gasteiger partial charge in [0.1, 0.15) is 16.5 Å². The van der Waals surface area contributed by atoms with Crippen LogP contribution in [0.5, 0.6) is 0 Å². The van der Waals surface area contributed by atoms with E-state index in [0.29, 0.717) is 5.69 Å². The fraction of sp³-hybridized carbons (Fsp3) is 0.167. The predicted molar refractivity (Wildman–Crippen MR) is 93.2 cm³/mol. The van der Waals surface area contributed by atoms with Gasteiger partial charge in [0.25, 0.3) is 10.0 Å². The summed E-state index contributed by atoms with van der Waals surface area (Å²) in [7, 11) is -3.99. The maximum absolute atomic E-state index is 13.8. The SMILES string of the molecule is O=S(=O)(Nc1cccc(-c2cnc3n2CCC3)c1)c1ccccc1F. The average molecular weight is 357 g/mol. The Bertz CT molecular complexity index is 1040. The number of fused-ring (bicyclic) bond motifs is 1. The van der Waals surface area contributed by atoms with Gasteiger partial charge in [0.05, 0.1) is 11.9 Å². The van der Waals surface area contributed by atoms with Gasteiger partial charge in [0.15, 0.2) is 0 Å². The van der Waals surface area contributed by atoms with Crippen LogP contribution in [0.2, 0.25) is 0 Å². The van der Waals surface area contributed by atoms with Gasteiger partial charge in [-0.2, -0.15) is 0 Å². The highest BCUT2D eigenvalue weighted by molar-refractivity contribution is 7.92. The third-order valence-corrected chi connectivity index (χ3v) is 5.67. The van der Waals surface area contributed by atoms with Crippen LogP contribution in [0.1, 0.15) is 12.2 Å². The lowest BCUT2D eigenvalue weighted by Gasteiger charge is -2.11. The van der Waals surface area contributed by atoms with Gasteiger partial charge in [0, 0.05) is 24.2 Å². The van der Waals surface area contributed by atoms with E-state index in [1.165, 1.54) is 18.2 Å². The molecule has 1 aliphatic heterocycles. The quantitative estimate of drug-likeness (QED) is 0.778. The Morgan fingerprint density at radius 1 is 1.12 bits per heavy atom. The van der Waals surface area contributed by atoms with Gasteiger partial charge in [-0.1, -0.05) is 24.3 Å². The molecule has 0 bridgehead atoms. The Hall–Kier alpha value is -2.67. The summed E-state index contributed by atoms with van der Waals surface area (Å²) in [5.74, 6) is 0.270. The summed E-state index contributed by atoms with van der Waals surface area (Å²) in [5.41, 5.74) is 2.21. The van der Waals surface area contributed by atoms with E-state index in [1.54, 1.807) is 24.4 Å². The molecule has 0 fully saturated rings. The van der Waals surface area contributed by atoms with Crippen molar-refractivity contribution in [1.29, 1.82) is 0 Å². The molecule has 0 unspecified atom stereocenters. The van der Waals surface area contributed by atoms with Crippen molar-refractivity contribution in [2.45, 2.75) is 24.3 Å². The highest BCUT2D eigenvalue weighted by atomic mass is 32.2. The Balaban J connectivity index is 1.67. The fourth-order valence-corrected chi connectivity index (χ4v) is 4.23. The summed E-state index contributed by atoms with van der Waals surface area (Å²) in [6.07, 6.45) is 3.83. The van der Waals surface area contributed by atoms with Crippen molar-refractivity contribution in [3.63, 3.8) is 0 Å². The largest absolute Gasteiger partial charge is 0.328 e. The number of benzene rings is 2.